The van der Waals surface area contributed by atoms with Gasteiger partial charge in [0.25, 0.3) is 0 Å². The van der Waals surface area contributed by atoms with E-state index in [0.717, 1.165) is 18.2 Å². The van der Waals surface area contributed by atoms with Crippen LogP contribution in [0.15, 0.2) is 24.3 Å². The molecule has 22 heavy (non-hydrogen) atoms. The lowest BCUT2D eigenvalue weighted by Crippen LogP contribution is -2.31. The zero-order valence-corrected chi connectivity index (χ0v) is 13.7. The summed E-state index contributed by atoms with van der Waals surface area (Å²) in [5.41, 5.74) is 2.65. The van der Waals surface area contributed by atoms with Gasteiger partial charge in [-0.1, -0.05) is 38.1 Å². The van der Waals surface area contributed by atoms with Crippen LogP contribution in [-0.2, 0) is 11.3 Å². The second kappa shape index (κ2) is 6.08. The quantitative estimate of drug-likeness (QED) is 0.941. The number of nitrogens with zero attached hydrogens (tertiary/aromatic N) is 3. The van der Waals surface area contributed by atoms with Crippen molar-refractivity contribution in [2.75, 3.05) is 12.4 Å². The number of hydrogen-bond donors (Lipinski definition) is 1. The minimum atomic E-state index is 0.227. The summed E-state index contributed by atoms with van der Waals surface area (Å²) in [5.74, 6) is 2.11. The normalized spacial score (nSPS) is 20.8. The van der Waals surface area contributed by atoms with Crippen molar-refractivity contribution in [2.45, 2.75) is 51.8 Å². The van der Waals surface area contributed by atoms with Gasteiger partial charge in [-0.15, -0.1) is 0 Å². The van der Waals surface area contributed by atoms with Gasteiger partial charge in [0.15, 0.2) is 5.82 Å². The molecule has 5 heteroatoms. The third kappa shape index (κ3) is 2.86. The van der Waals surface area contributed by atoms with Gasteiger partial charge in [-0.25, -0.2) is 4.68 Å². The van der Waals surface area contributed by atoms with Crippen LogP contribution in [0.1, 0.15) is 56.1 Å². The van der Waals surface area contributed by atoms with Gasteiger partial charge in [-0.05, 0) is 30.4 Å². The van der Waals surface area contributed by atoms with Crippen LogP contribution in [0.3, 0.4) is 0 Å². The van der Waals surface area contributed by atoms with Crippen LogP contribution < -0.4 is 5.32 Å². The second-order valence-electron chi connectivity index (χ2n) is 6.35. The number of aromatic nitrogens is 3. The lowest BCUT2D eigenvalue weighted by molar-refractivity contribution is 0.177. The molecule has 5 nitrogen and oxygen atoms in total. The van der Waals surface area contributed by atoms with Crippen LogP contribution in [0.4, 0.5) is 5.95 Å². The van der Waals surface area contributed by atoms with Gasteiger partial charge < -0.3 is 10.1 Å². The third-order valence-corrected chi connectivity index (χ3v) is 4.18. The Hall–Kier alpha value is -1.88. The Bertz CT molecular complexity index is 633. The minimum Gasteiger partial charge on any atom is -0.377 e. The summed E-state index contributed by atoms with van der Waals surface area (Å²) in [6.45, 7) is 7.06. The lowest BCUT2D eigenvalue weighted by atomic mass is 9.95. The van der Waals surface area contributed by atoms with Crippen molar-refractivity contribution in [1.82, 2.24) is 14.8 Å². The fourth-order valence-corrected chi connectivity index (χ4v) is 2.97. The van der Waals surface area contributed by atoms with E-state index in [9.17, 15) is 0 Å². The average Bonchev–Trinajstić information content (AvgIpc) is 2.89. The molecular formula is C17H24N4O. The fraction of sp³-hybridized carbons (Fsp3) is 0.529. The van der Waals surface area contributed by atoms with Crippen LogP contribution in [0.5, 0.6) is 0 Å². The molecule has 0 amide bonds. The molecule has 2 heterocycles. The molecular weight excluding hydrogens is 276 g/mol. The smallest absolute Gasteiger partial charge is 0.222 e. The van der Waals surface area contributed by atoms with Crippen molar-refractivity contribution in [2.24, 2.45) is 0 Å². The summed E-state index contributed by atoms with van der Waals surface area (Å²) < 4.78 is 7.15. The van der Waals surface area contributed by atoms with E-state index in [1.807, 2.05) is 4.68 Å². The average molecular weight is 300 g/mol. The molecule has 118 valence electrons. The Kier molecular flexibility index (Phi) is 4.16. The Morgan fingerprint density at radius 2 is 2.05 bits per heavy atom. The number of benzene rings is 1. The highest BCUT2D eigenvalue weighted by atomic mass is 16.5. The van der Waals surface area contributed by atoms with Gasteiger partial charge in [0.2, 0.25) is 5.95 Å². The van der Waals surface area contributed by atoms with Crippen molar-refractivity contribution in [3.63, 3.8) is 0 Å². The van der Waals surface area contributed by atoms with Gasteiger partial charge in [0.1, 0.15) is 6.61 Å². The van der Waals surface area contributed by atoms with Crippen LogP contribution in [0.25, 0.3) is 0 Å². The van der Waals surface area contributed by atoms with Crippen LogP contribution in [0, 0.1) is 0 Å². The predicted octanol–water partition coefficient (Wildman–Crippen LogP) is 3.34. The largest absolute Gasteiger partial charge is 0.377 e. The number of fused-ring (bicyclic) bond motifs is 1. The first kappa shape index (κ1) is 15.0. The molecule has 1 N–H and O–H groups in total. The molecule has 1 aromatic carbocycles. The second-order valence-corrected chi connectivity index (χ2v) is 6.35. The summed E-state index contributed by atoms with van der Waals surface area (Å²) in [6.07, 6.45) is 1.00. The summed E-state index contributed by atoms with van der Waals surface area (Å²) in [5, 5.41) is 8.01. The molecule has 0 saturated heterocycles. The van der Waals surface area contributed by atoms with E-state index in [2.05, 4.69) is 60.4 Å². The molecule has 0 spiro atoms. The molecule has 0 bridgehead atoms. The maximum Gasteiger partial charge on any atom is 0.222 e. The highest BCUT2D eigenvalue weighted by Gasteiger charge is 2.28. The van der Waals surface area contributed by atoms with Gasteiger partial charge in [0.05, 0.1) is 6.04 Å². The zero-order chi connectivity index (χ0) is 15.7. The topological polar surface area (TPSA) is 52.0 Å². The first-order valence-corrected chi connectivity index (χ1v) is 7.89. The number of hydrogen-bond acceptors (Lipinski definition) is 4. The van der Waals surface area contributed by atoms with Gasteiger partial charge in [0, 0.05) is 13.2 Å². The van der Waals surface area contributed by atoms with E-state index < -0.39 is 0 Å². The number of ether oxygens (including phenoxy) is 1. The van der Waals surface area contributed by atoms with E-state index in [4.69, 9.17) is 4.74 Å². The van der Waals surface area contributed by atoms with Gasteiger partial charge in [-0.2, -0.15) is 10.1 Å². The molecule has 0 fully saturated rings. The van der Waals surface area contributed by atoms with E-state index >= 15 is 0 Å². The van der Waals surface area contributed by atoms with Crippen LogP contribution in [-0.4, -0.2) is 27.9 Å². The lowest BCUT2D eigenvalue weighted by Gasteiger charge is -2.29. The SMILES string of the molecule is COCc1nc2n(n1)[C@H](c1ccc(C(C)C)cc1)C[C@@H](C)N2. The Labute approximate surface area is 131 Å². The van der Waals surface area contributed by atoms with Crippen molar-refractivity contribution >= 4 is 5.95 Å². The standard InChI is InChI=1S/C17H24N4O/c1-11(2)13-5-7-14(8-6-13)15-9-12(3)18-17-19-16(10-22-4)20-21(15)17/h5-8,11-12,15H,9-10H2,1-4H3,(H,18,19,20)/t12-,15+/m1/s1. The first-order valence-electron chi connectivity index (χ1n) is 7.89. The van der Waals surface area contributed by atoms with Crippen molar-refractivity contribution in [3.05, 3.63) is 41.2 Å². The summed E-state index contributed by atoms with van der Waals surface area (Å²) >= 11 is 0. The maximum atomic E-state index is 5.15. The summed E-state index contributed by atoms with van der Waals surface area (Å²) in [6, 6.07) is 9.49. The minimum absolute atomic E-state index is 0.227. The van der Waals surface area contributed by atoms with E-state index in [1.165, 1.54) is 11.1 Å². The molecule has 0 aliphatic carbocycles. The molecule has 0 saturated carbocycles. The van der Waals surface area contributed by atoms with E-state index in [0.29, 0.717) is 18.6 Å². The highest BCUT2D eigenvalue weighted by Crippen LogP contribution is 2.31. The molecule has 2 aromatic rings. The molecule has 1 aromatic heterocycles. The first-order chi connectivity index (χ1) is 10.6. The van der Waals surface area contributed by atoms with Crippen molar-refractivity contribution in [3.8, 4) is 0 Å². The third-order valence-electron chi connectivity index (χ3n) is 4.18. The van der Waals surface area contributed by atoms with E-state index in [-0.39, 0.29) is 6.04 Å². The number of rotatable bonds is 4. The number of anilines is 1. The molecule has 1 aliphatic heterocycles. The summed E-state index contributed by atoms with van der Waals surface area (Å²) in [4.78, 5) is 4.53. The number of methoxy groups -OCH3 is 1. The van der Waals surface area contributed by atoms with Crippen LogP contribution >= 0.6 is 0 Å². The highest BCUT2D eigenvalue weighted by molar-refractivity contribution is 5.35. The van der Waals surface area contributed by atoms with Crippen molar-refractivity contribution in [1.29, 1.82) is 0 Å². The Morgan fingerprint density at radius 1 is 1.32 bits per heavy atom. The monoisotopic (exact) mass is 300 g/mol. The molecule has 0 unspecified atom stereocenters. The fourth-order valence-electron chi connectivity index (χ4n) is 2.97. The molecule has 0 radical (unpaired) electrons. The molecule has 1 aliphatic rings. The molecule has 3 rings (SSSR count). The molecule has 2 atom stereocenters. The predicted molar refractivity (Wildman–Crippen MR) is 87.1 cm³/mol. The van der Waals surface area contributed by atoms with Crippen molar-refractivity contribution < 1.29 is 4.74 Å². The number of nitrogens with one attached hydrogen (secondary N) is 1. The van der Waals surface area contributed by atoms with E-state index in [1.54, 1.807) is 7.11 Å². The van der Waals surface area contributed by atoms with Gasteiger partial charge in [-0.3, -0.25) is 0 Å². The Balaban J connectivity index is 1.93. The summed E-state index contributed by atoms with van der Waals surface area (Å²) in [7, 11) is 1.66. The zero-order valence-electron chi connectivity index (χ0n) is 13.7. The van der Waals surface area contributed by atoms with Crippen LogP contribution in [0.2, 0.25) is 0 Å². The van der Waals surface area contributed by atoms with Gasteiger partial charge >= 0.3 is 0 Å². The Morgan fingerprint density at radius 3 is 2.68 bits per heavy atom. The maximum absolute atomic E-state index is 5.15.